The summed E-state index contributed by atoms with van der Waals surface area (Å²) in [7, 11) is 0. The molecule has 0 fully saturated rings. The second-order valence-corrected chi connectivity index (χ2v) is 4.89. The van der Waals surface area contributed by atoms with Gasteiger partial charge in [0.25, 0.3) is 5.69 Å². The van der Waals surface area contributed by atoms with Crippen molar-refractivity contribution >= 4 is 17.4 Å². The lowest BCUT2D eigenvalue weighted by molar-refractivity contribution is -0.385. The Morgan fingerprint density at radius 2 is 2.00 bits per heavy atom. The van der Waals surface area contributed by atoms with Crippen LogP contribution in [0.1, 0.15) is 25.0 Å². The molecular weight excluding hydrogens is 260 g/mol. The van der Waals surface area contributed by atoms with Crippen molar-refractivity contribution in [1.29, 1.82) is 0 Å². The van der Waals surface area contributed by atoms with Gasteiger partial charge in [0, 0.05) is 17.5 Å². The highest BCUT2D eigenvalue weighted by Crippen LogP contribution is 2.21. The number of Topliss-reactive ketones (excluding diaryl/α,β-unsaturated/α-hetero) is 1. The minimum absolute atomic E-state index is 0.00597. The molecule has 0 heterocycles. The molecule has 0 aliphatic rings. The number of hydrogen-bond donors (Lipinski definition) is 1. The van der Waals surface area contributed by atoms with Crippen molar-refractivity contribution < 1.29 is 14.5 Å². The topological polar surface area (TPSA) is 89.3 Å². The van der Waals surface area contributed by atoms with Gasteiger partial charge < -0.3 is 5.32 Å². The summed E-state index contributed by atoms with van der Waals surface area (Å²) in [6.07, 6.45) is 0.0267. The van der Waals surface area contributed by atoms with E-state index in [-0.39, 0.29) is 36.3 Å². The summed E-state index contributed by atoms with van der Waals surface area (Å²) in [6.45, 7) is 5.13. The third kappa shape index (κ3) is 4.15. The molecule has 1 amide bonds. The largest absolute Gasteiger partial charge is 0.349 e. The normalized spacial score (nSPS) is 10.4. The van der Waals surface area contributed by atoms with Crippen LogP contribution in [0.5, 0.6) is 0 Å². The summed E-state index contributed by atoms with van der Waals surface area (Å²) < 4.78 is 0. The second-order valence-electron chi connectivity index (χ2n) is 4.89. The molecule has 0 aliphatic carbocycles. The number of ketones is 1. The molecule has 6 nitrogen and oxygen atoms in total. The van der Waals surface area contributed by atoms with Gasteiger partial charge in [0.2, 0.25) is 5.91 Å². The van der Waals surface area contributed by atoms with Gasteiger partial charge in [0.05, 0.1) is 17.9 Å². The average molecular weight is 278 g/mol. The first-order valence-electron chi connectivity index (χ1n) is 6.35. The van der Waals surface area contributed by atoms with E-state index in [1.165, 1.54) is 6.07 Å². The number of rotatable bonds is 6. The fourth-order valence-electron chi connectivity index (χ4n) is 1.68. The Hall–Kier alpha value is -2.24. The zero-order valence-electron chi connectivity index (χ0n) is 11.8. The molecule has 0 saturated heterocycles. The molecule has 0 spiro atoms. The maximum Gasteiger partial charge on any atom is 0.272 e. The average Bonchev–Trinajstić information content (AvgIpc) is 2.37. The number of carbonyl (C=O) groups is 2. The molecule has 0 aromatic heterocycles. The minimum atomic E-state index is -0.473. The van der Waals surface area contributed by atoms with Crippen LogP contribution < -0.4 is 5.32 Å². The molecule has 0 atom stereocenters. The first-order chi connectivity index (χ1) is 9.32. The van der Waals surface area contributed by atoms with Crippen LogP contribution in [0.25, 0.3) is 0 Å². The van der Waals surface area contributed by atoms with Crippen molar-refractivity contribution in [2.24, 2.45) is 5.92 Å². The van der Waals surface area contributed by atoms with Gasteiger partial charge in [-0.25, -0.2) is 0 Å². The van der Waals surface area contributed by atoms with Gasteiger partial charge >= 0.3 is 0 Å². The Kier molecular flexibility index (Phi) is 5.37. The lowest BCUT2D eigenvalue weighted by Crippen LogP contribution is -2.32. The number of nitrogens with zero attached hydrogens (tertiary/aromatic N) is 1. The maximum atomic E-state index is 11.7. The number of hydrogen-bond acceptors (Lipinski definition) is 4. The molecule has 0 bridgehead atoms. The smallest absolute Gasteiger partial charge is 0.272 e. The summed E-state index contributed by atoms with van der Waals surface area (Å²) in [5, 5.41) is 13.3. The number of nitro benzene ring substituents is 1. The lowest BCUT2D eigenvalue weighted by Gasteiger charge is -2.08. The van der Waals surface area contributed by atoms with Crippen molar-refractivity contribution in [3.05, 3.63) is 39.4 Å². The van der Waals surface area contributed by atoms with E-state index in [2.05, 4.69) is 5.32 Å². The summed E-state index contributed by atoms with van der Waals surface area (Å²) in [6, 6.07) is 4.62. The highest BCUT2D eigenvalue weighted by Gasteiger charge is 2.16. The van der Waals surface area contributed by atoms with E-state index in [1.54, 1.807) is 32.9 Å². The molecule has 6 heteroatoms. The standard InChI is InChI=1S/C14H18N2O4/c1-9(2)13(17)8-15-14(18)7-11-5-4-6-12(10(11)3)16(19)20/h4-6,9H,7-8H2,1-3H3,(H,15,18). The molecule has 1 rings (SSSR count). The zero-order chi connectivity index (χ0) is 15.3. The molecule has 0 unspecified atom stereocenters. The Labute approximate surface area is 117 Å². The summed E-state index contributed by atoms with van der Waals surface area (Å²) in [5.74, 6) is -0.494. The molecule has 20 heavy (non-hydrogen) atoms. The van der Waals surface area contributed by atoms with Gasteiger partial charge in [-0.15, -0.1) is 0 Å². The molecule has 1 N–H and O–H groups in total. The Morgan fingerprint density at radius 3 is 2.55 bits per heavy atom. The highest BCUT2D eigenvalue weighted by molar-refractivity contribution is 5.88. The van der Waals surface area contributed by atoms with Gasteiger partial charge in [-0.2, -0.15) is 0 Å². The number of nitro groups is 1. The van der Waals surface area contributed by atoms with Crippen molar-refractivity contribution in [3.8, 4) is 0 Å². The first kappa shape index (κ1) is 15.8. The first-order valence-corrected chi connectivity index (χ1v) is 6.35. The van der Waals surface area contributed by atoms with Gasteiger partial charge in [-0.05, 0) is 12.5 Å². The molecule has 0 saturated carbocycles. The van der Waals surface area contributed by atoms with Crippen LogP contribution in [0.2, 0.25) is 0 Å². The Bertz CT molecular complexity index is 538. The molecule has 1 aromatic rings. The number of nitrogens with one attached hydrogen (secondary N) is 1. The highest BCUT2D eigenvalue weighted by atomic mass is 16.6. The van der Waals surface area contributed by atoms with E-state index in [0.717, 1.165) is 0 Å². The third-order valence-corrected chi connectivity index (χ3v) is 3.07. The molecule has 1 aromatic carbocycles. The summed E-state index contributed by atoms with van der Waals surface area (Å²) in [4.78, 5) is 33.5. The molecule has 108 valence electrons. The van der Waals surface area contributed by atoms with Gasteiger partial charge in [0.1, 0.15) is 0 Å². The van der Waals surface area contributed by atoms with Crippen molar-refractivity contribution in [2.45, 2.75) is 27.2 Å². The molecule has 0 radical (unpaired) electrons. The van der Waals surface area contributed by atoms with Gasteiger partial charge in [-0.1, -0.05) is 26.0 Å². The van der Waals surface area contributed by atoms with Crippen molar-refractivity contribution in [1.82, 2.24) is 5.32 Å². The summed E-state index contributed by atoms with van der Waals surface area (Å²) in [5.41, 5.74) is 1.06. The van der Waals surface area contributed by atoms with E-state index in [0.29, 0.717) is 11.1 Å². The molecule has 0 aliphatic heterocycles. The Morgan fingerprint density at radius 1 is 1.35 bits per heavy atom. The number of carbonyl (C=O) groups excluding carboxylic acids is 2. The van der Waals surface area contributed by atoms with Crippen molar-refractivity contribution in [3.63, 3.8) is 0 Å². The van der Waals surface area contributed by atoms with Crippen LogP contribution in [0, 0.1) is 23.0 Å². The van der Waals surface area contributed by atoms with Gasteiger partial charge in [0.15, 0.2) is 5.78 Å². The van der Waals surface area contributed by atoms with Crippen LogP contribution in [0.3, 0.4) is 0 Å². The summed E-state index contributed by atoms with van der Waals surface area (Å²) >= 11 is 0. The van der Waals surface area contributed by atoms with Crippen LogP contribution in [-0.4, -0.2) is 23.2 Å². The predicted octanol–water partition coefficient (Wildman–Crippen LogP) is 1.79. The van der Waals surface area contributed by atoms with Crippen LogP contribution in [0.4, 0.5) is 5.69 Å². The Balaban J connectivity index is 2.70. The third-order valence-electron chi connectivity index (χ3n) is 3.07. The van der Waals surface area contributed by atoms with Crippen LogP contribution >= 0.6 is 0 Å². The predicted molar refractivity (Wildman–Crippen MR) is 74.4 cm³/mol. The molecular formula is C14H18N2O4. The SMILES string of the molecule is Cc1c(CC(=O)NCC(=O)C(C)C)cccc1[N+](=O)[O-]. The fourth-order valence-corrected chi connectivity index (χ4v) is 1.68. The van der Waals surface area contributed by atoms with Crippen LogP contribution in [-0.2, 0) is 16.0 Å². The van der Waals surface area contributed by atoms with Gasteiger partial charge in [-0.3, -0.25) is 19.7 Å². The quantitative estimate of drug-likeness (QED) is 0.634. The number of benzene rings is 1. The second kappa shape index (κ2) is 6.79. The minimum Gasteiger partial charge on any atom is -0.349 e. The monoisotopic (exact) mass is 278 g/mol. The van der Waals surface area contributed by atoms with E-state index < -0.39 is 4.92 Å². The van der Waals surface area contributed by atoms with Crippen LogP contribution in [0.15, 0.2) is 18.2 Å². The van der Waals surface area contributed by atoms with E-state index in [1.807, 2.05) is 0 Å². The van der Waals surface area contributed by atoms with Crippen molar-refractivity contribution in [2.75, 3.05) is 6.54 Å². The number of amides is 1. The van der Waals surface area contributed by atoms with E-state index in [9.17, 15) is 19.7 Å². The van der Waals surface area contributed by atoms with E-state index in [4.69, 9.17) is 0 Å². The lowest BCUT2D eigenvalue weighted by atomic mass is 10.0. The maximum absolute atomic E-state index is 11.7. The van der Waals surface area contributed by atoms with E-state index >= 15 is 0 Å². The zero-order valence-corrected chi connectivity index (χ0v) is 11.8. The fraction of sp³-hybridized carbons (Fsp3) is 0.429.